The summed E-state index contributed by atoms with van der Waals surface area (Å²) in [6, 6.07) is 0. The molecule has 1 nitrogen and oxygen atoms in total. The molecule has 0 aromatic heterocycles. The minimum absolute atomic E-state index is 0.0717. The Kier molecular flexibility index (Phi) is 2.31. The second-order valence-corrected chi connectivity index (χ2v) is 7.59. The quantitative estimate of drug-likeness (QED) is 0.626. The Morgan fingerprint density at radius 2 is 1.47 bits per heavy atom. The van der Waals surface area contributed by atoms with Gasteiger partial charge in [0.25, 0.3) is 0 Å². The van der Waals surface area contributed by atoms with E-state index in [9.17, 15) is 5.11 Å². The third-order valence-corrected chi connectivity index (χ3v) is 7.46. The molecule has 0 amide bonds. The maximum atomic E-state index is 11.2. The zero-order valence-corrected chi connectivity index (χ0v) is 12.7. The highest BCUT2D eigenvalue weighted by Gasteiger charge is 2.70. The van der Waals surface area contributed by atoms with E-state index in [2.05, 4.69) is 48.5 Å². The van der Waals surface area contributed by atoms with Crippen molar-refractivity contribution in [3.05, 3.63) is 11.1 Å². The largest absolute Gasteiger partial charge is 0.389 e. The van der Waals surface area contributed by atoms with Crippen molar-refractivity contribution in [2.45, 2.75) is 67.4 Å². The van der Waals surface area contributed by atoms with Crippen LogP contribution in [0.3, 0.4) is 0 Å². The Bertz CT molecular complexity index is 402. The first-order valence-corrected chi connectivity index (χ1v) is 6.85. The molecule has 1 fully saturated rings. The van der Waals surface area contributed by atoms with Gasteiger partial charge in [-0.3, -0.25) is 0 Å². The van der Waals surface area contributed by atoms with Crippen LogP contribution in [-0.2, 0) is 0 Å². The van der Waals surface area contributed by atoms with Gasteiger partial charge < -0.3 is 5.11 Å². The van der Waals surface area contributed by atoms with Gasteiger partial charge in [0.15, 0.2) is 0 Å². The topological polar surface area (TPSA) is 20.2 Å². The van der Waals surface area contributed by atoms with E-state index in [1.165, 1.54) is 11.1 Å². The minimum atomic E-state index is -0.634. The smallest absolute Gasteiger partial charge is 0.0769 e. The van der Waals surface area contributed by atoms with E-state index in [-0.39, 0.29) is 16.2 Å². The van der Waals surface area contributed by atoms with Crippen LogP contribution in [0.1, 0.15) is 61.8 Å². The molecule has 0 spiro atoms. The Morgan fingerprint density at radius 3 is 1.94 bits per heavy atom. The van der Waals surface area contributed by atoms with E-state index >= 15 is 0 Å². The van der Waals surface area contributed by atoms with Gasteiger partial charge >= 0.3 is 0 Å². The highest BCUT2D eigenvalue weighted by molar-refractivity contribution is 5.41. The lowest BCUT2D eigenvalue weighted by Gasteiger charge is -2.71. The molecule has 4 atom stereocenters. The van der Waals surface area contributed by atoms with Gasteiger partial charge in [-0.1, -0.05) is 45.8 Å². The number of rotatable bonds is 0. The highest BCUT2D eigenvalue weighted by atomic mass is 16.3. The lowest BCUT2D eigenvalue weighted by Crippen LogP contribution is -2.70. The van der Waals surface area contributed by atoms with Crippen LogP contribution in [0.5, 0.6) is 0 Å². The fraction of sp³-hybridized carbons (Fsp3) is 0.875. The summed E-state index contributed by atoms with van der Waals surface area (Å²) >= 11 is 0. The van der Waals surface area contributed by atoms with Gasteiger partial charge in [0.1, 0.15) is 0 Å². The molecular weight excluding hydrogens is 208 g/mol. The van der Waals surface area contributed by atoms with Gasteiger partial charge in [-0.15, -0.1) is 0 Å². The van der Waals surface area contributed by atoms with Crippen molar-refractivity contribution >= 4 is 0 Å². The summed E-state index contributed by atoms with van der Waals surface area (Å²) in [6.07, 6.45) is 1.10. The molecule has 1 heteroatoms. The molecule has 0 aromatic carbocycles. The molecule has 0 saturated heterocycles. The summed E-state index contributed by atoms with van der Waals surface area (Å²) in [6.45, 7) is 18.0. The molecule has 0 aromatic rings. The first-order chi connectivity index (χ1) is 7.44. The minimum Gasteiger partial charge on any atom is -0.389 e. The predicted octanol–water partition coefficient (Wildman–Crippen LogP) is 4.17. The Hall–Kier alpha value is -0.300. The number of aliphatic hydroxyl groups is 1. The molecule has 17 heavy (non-hydrogen) atoms. The molecule has 0 radical (unpaired) electrons. The van der Waals surface area contributed by atoms with Crippen LogP contribution in [0, 0.1) is 22.2 Å². The summed E-state index contributed by atoms with van der Waals surface area (Å²) < 4.78 is 0. The third kappa shape index (κ3) is 1.02. The molecule has 1 N–H and O–H groups in total. The SMILES string of the molecule is CC1=C(C)C2(C)C(C)CC1(C)C(C)(O)C2(C)C. The van der Waals surface area contributed by atoms with E-state index in [1.54, 1.807) is 0 Å². The van der Waals surface area contributed by atoms with Crippen LogP contribution >= 0.6 is 0 Å². The summed E-state index contributed by atoms with van der Waals surface area (Å²) in [4.78, 5) is 0. The van der Waals surface area contributed by atoms with Crippen molar-refractivity contribution in [2.75, 3.05) is 0 Å². The van der Waals surface area contributed by atoms with Gasteiger partial charge in [-0.05, 0) is 38.5 Å². The molecular formula is C16H28O. The molecule has 3 aliphatic carbocycles. The Labute approximate surface area is 106 Å². The molecule has 3 aliphatic rings. The van der Waals surface area contributed by atoms with Crippen molar-refractivity contribution in [3.63, 3.8) is 0 Å². The van der Waals surface area contributed by atoms with Gasteiger partial charge in [0, 0.05) is 10.8 Å². The highest BCUT2D eigenvalue weighted by Crippen LogP contribution is 2.72. The molecule has 4 unspecified atom stereocenters. The van der Waals surface area contributed by atoms with Gasteiger partial charge in [-0.25, -0.2) is 0 Å². The van der Waals surface area contributed by atoms with E-state index in [4.69, 9.17) is 0 Å². The van der Waals surface area contributed by atoms with Crippen molar-refractivity contribution in [1.82, 2.24) is 0 Å². The van der Waals surface area contributed by atoms with Crippen molar-refractivity contribution in [1.29, 1.82) is 0 Å². The average molecular weight is 236 g/mol. The Morgan fingerprint density at radius 1 is 1.00 bits per heavy atom. The second-order valence-electron chi connectivity index (χ2n) is 7.59. The van der Waals surface area contributed by atoms with Crippen molar-refractivity contribution < 1.29 is 5.11 Å². The molecule has 2 bridgehead atoms. The third-order valence-electron chi connectivity index (χ3n) is 7.46. The average Bonchev–Trinajstić information content (AvgIpc) is 2.21. The maximum Gasteiger partial charge on any atom is 0.0769 e. The van der Waals surface area contributed by atoms with Crippen LogP contribution in [0.2, 0.25) is 0 Å². The lowest BCUT2D eigenvalue weighted by atomic mass is 9.35. The second kappa shape index (κ2) is 2.99. The standard InChI is InChI=1S/C16H28O/c1-10-9-14(6)11(2)12(3)15(10,7)13(4,5)16(14,8)17/h10,17H,9H2,1-8H3. The lowest BCUT2D eigenvalue weighted by molar-refractivity contribution is -0.234. The number of allylic oxidation sites excluding steroid dienone is 1. The van der Waals surface area contributed by atoms with Crippen molar-refractivity contribution in [2.24, 2.45) is 22.2 Å². The first kappa shape index (κ1) is 13.1. The maximum absolute atomic E-state index is 11.2. The molecule has 3 rings (SSSR count). The zero-order chi connectivity index (χ0) is 13.4. The van der Waals surface area contributed by atoms with Crippen LogP contribution in [0.15, 0.2) is 11.1 Å². The van der Waals surface area contributed by atoms with Crippen LogP contribution in [-0.4, -0.2) is 10.7 Å². The van der Waals surface area contributed by atoms with Gasteiger partial charge in [0.2, 0.25) is 0 Å². The number of fused-ring (bicyclic) bond motifs is 2. The number of hydrogen-bond acceptors (Lipinski definition) is 1. The fourth-order valence-electron chi connectivity index (χ4n) is 4.99. The summed E-state index contributed by atoms with van der Waals surface area (Å²) in [5.41, 5.74) is 2.24. The van der Waals surface area contributed by atoms with E-state index < -0.39 is 5.60 Å². The zero-order valence-electron chi connectivity index (χ0n) is 12.7. The van der Waals surface area contributed by atoms with Crippen LogP contribution in [0.4, 0.5) is 0 Å². The van der Waals surface area contributed by atoms with Crippen LogP contribution in [0.25, 0.3) is 0 Å². The molecule has 1 saturated carbocycles. The summed E-state index contributed by atoms with van der Waals surface area (Å²) in [5.74, 6) is 0.631. The monoisotopic (exact) mass is 236 g/mol. The van der Waals surface area contributed by atoms with E-state index in [0.717, 1.165) is 6.42 Å². The molecule has 0 aliphatic heterocycles. The first-order valence-electron chi connectivity index (χ1n) is 6.85. The van der Waals surface area contributed by atoms with E-state index in [1.807, 2.05) is 6.92 Å². The summed E-state index contributed by atoms with van der Waals surface area (Å²) in [7, 11) is 0. The molecule has 0 heterocycles. The Balaban J connectivity index is 2.84. The van der Waals surface area contributed by atoms with Gasteiger partial charge in [0.05, 0.1) is 5.60 Å². The van der Waals surface area contributed by atoms with Crippen LogP contribution < -0.4 is 0 Å². The molecule has 98 valence electrons. The van der Waals surface area contributed by atoms with E-state index in [0.29, 0.717) is 5.92 Å². The summed E-state index contributed by atoms with van der Waals surface area (Å²) in [5, 5.41) is 11.2. The number of hydrogen-bond donors (Lipinski definition) is 1. The van der Waals surface area contributed by atoms with Gasteiger partial charge in [-0.2, -0.15) is 0 Å². The fourth-order valence-corrected chi connectivity index (χ4v) is 4.99. The van der Waals surface area contributed by atoms with Crippen molar-refractivity contribution in [3.8, 4) is 0 Å². The predicted molar refractivity (Wildman–Crippen MR) is 72.8 cm³/mol. The normalized spacial score (nSPS) is 53.1.